The van der Waals surface area contributed by atoms with Gasteiger partial charge in [0.1, 0.15) is 5.78 Å². The highest BCUT2D eigenvalue weighted by atomic mass is 32.2. The Hall–Kier alpha value is -1.66. The van der Waals surface area contributed by atoms with Gasteiger partial charge < -0.3 is 9.84 Å². The molecule has 5 nitrogen and oxygen atoms in total. The van der Waals surface area contributed by atoms with Gasteiger partial charge in [-0.25, -0.2) is 0 Å². The van der Waals surface area contributed by atoms with E-state index in [0.717, 1.165) is 31.4 Å². The minimum atomic E-state index is -0.960. The molecule has 0 saturated heterocycles. The Morgan fingerprint density at radius 1 is 1.20 bits per heavy atom. The molecule has 4 atom stereocenters. The van der Waals surface area contributed by atoms with Crippen LogP contribution in [0.25, 0.3) is 0 Å². The van der Waals surface area contributed by atoms with Gasteiger partial charge in [-0.05, 0) is 70.1 Å². The van der Waals surface area contributed by atoms with Crippen molar-refractivity contribution in [3.05, 3.63) is 34.9 Å². The fourth-order valence-electron chi connectivity index (χ4n) is 3.75. The smallest absolute Gasteiger partial charge is 0.308 e. The molecule has 1 heterocycles. The Morgan fingerprint density at radius 3 is 2.43 bits per heavy atom. The van der Waals surface area contributed by atoms with E-state index in [1.54, 1.807) is 24.9 Å². The standard InChI is InChI=1S/C19H32O4.C8H13NS.C2H6/c1-13-7-5-8-14(2)11-15(3)19(22)16(4)17(20)12-18(21)23-10-6-9-13;1-4-6-8(7-10-3)9-5-2;1-2/h9,14-17,20H,5-8,10-12H2,1-4H3;4-7H,1-3H3;1-2H3/b13-9-;6-4-,8-7-,9-5?;. The van der Waals surface area contributed by atoms with Gasteiger partial charge in [-0.1, -0.05) is 58.8 Å². The lowest BCUT2D eigenvalue weighted by atomic mass is 9.83. The second kappa shape index (κ2) is 22.8. The molecule has 4 unspecified atom stereocenters. The minimum Gasteiger partial charge on any atom is -0.465 e. The Kier molecular flexibility index (Phi) is 23.1. The number of aliphatic hydroxyl groups is 1. The quantitative estimate of drug-likeness (QED) is 0.184. The highest BCUT2D eigenvalue weighted by Gasteiger charge is 2.29. The minimum absolute atomic E-state index is 0.0420. The first-order chi connectivity index (χ1) is 16.7. The number of nitrogens with zero attached hydrogens (tertiary/aromatic N) is 1. The van der Waals surface area contributed by atoms with Crippen LogP contribution in [0.1, 0.15) is 93.9 Å². The van der Waals surface area contributed by atoms with Gasteiger partial charge in [-0.15, -0.1) is 11.8 Å². The number of thioether (sulfide) groups is 1. The molecule has 1 rings (SSSR count). The van der Waals surface area contributed by atoms with Gasteiger partial charge >= 0.3 is 5.97 Å². The number of hydrogen-bond acceptors (Lipinski definition) is 6. The number of cyclic esters (lactones) is 1. The van der Waals surface area contributed by atoms with Crippen LogP contribution in [0.15, 0.2) is 39.9 Å². The van der Waals surface area contributed by atoms with Crippen LogP contribution in [0.2, 0.25) is 0 Å². The van der Waals surface area contributed by atoms with E-state index in [2.05, 4.69) is 24.9 Å². The molecule has 1 N–H and O–H groups in total. The average Bonchev–Trinajstić information content (AvgIpc) is 2.82. The van der Waals surface area contributed by atoms with Crippen LogP contribution in [0.4, 0.5) is 0 Å². The van der Waals surface area contributed by atoms with E-state index in [1.807, 2.05) is 58.4 Å². The lowest BCUT2D eigenvalue weighted by Gasteiger charge is -2.23. The first kappa shape index (κ1) is 35.5. The number of allylic oxidation sites excluding steroid dienone is 3. The van der Waals surface area contributed by atoms with Crippen molar-refractivity contribution >= 4 is 29.7 Å². The molecule has 35 heavy (non-hydrogen) atoms. The normalized spacial score (nSPS) is 27.3. The first-order valence-electron chi connectivity index (χ1n) is 13.0. The highest BCUT2D eigenvalue weighted by molar-refractivity contribution is 8.01. The van der Waals surface area contributed by atoms with Crippen molar-refractivity contribution in [3.8, 4) is 0 Å². The Balaban J connectivity index is 0. The fraction of sp³-hybridized carbons (Fsp3) is 0.690. The molecule has 1 aliphatic rings. The molecule has 0 saturated carbocycles. The van der Waals surface area contributed by atoms with E-state index >= 15 is 0 Å². The topological polar surface area (TPSA) is 76.0 Å². The van der Waals surface area contributed by atoms with Crippen LogP contribution < -0.4 is 0 Å². The maximum Gasteiger partial charge on any atom is 0.308 e. The summed E-state index contributed by atoms with van der Waals surface area (Å²) in [6, 6.07) is 0. The molecule has 0 aromatic rings. The Labute approximate surface area is 219 Å². The molecule has 0 radical (unpaired) electrons. The number of carbonyl (C=O) groups is 2. The molecular weight excluding hydrogens is 458 g/mol. The number of Topliss-reactive ketones (excluding diaryl/α,β-unsaturated/α-hetero) is 1. The highest BCUT2D eigenvalue weighted by Crippen LogP contribution is 2.24. The summed E-state index contributed by atoms with van der Waals surface area (Å²) in [5.74, 6) is -0.518. The van der Waals surface area contributed by atoms with Crippen LogP contribution >= 0.6 is 11.8 Å². The van der Waals surface area contributed by atoms with Crippen LogP contribution in [0.3, 0.4) is 0 Å². The van der Waals surface area contributed by atoms with Gasteiger partial charge in [0.15, 0.2) is 0 Å². The summed E-state index contributed by atoms with van der Waals surface area (Å²) < 4.78 is 5.13. The van der Waals surface area contributed by atoms with Crippen LogP contribution in [-0.2, 0) is 14.3 Å². The molecule has 0 aliphatic carbocycles. The van der Waals surface area contributed by atoms with Crippen molar-refractivity contribution in [2.45, 2.75) is 100 Å². The molecule has 0 fully saturated rings. The third-order valence-electron chi connectivity index (χ3n) is 5.64. The molecule has 0 bridgehead atoms. The van der Waals surface area contributed by atoms with Gasteiger partial charge in [-0.2, -0.15) is 0 Å². The monoisotopic (exact) mass is 509 g/mol. The van der Waals surface area contributed by atoms with Gasteiger partial charge in [0.25, 0.3) is 0 Å². The van der Waals surface area contributed by atoms with Gasteiger partial charge in [0.05, 0.1) is 24.8 Å². The van der Waals surface area contributed by atoms with Gasteiger partial charge in [0.2, 0.25) is 0 Å². The van der Waals surface area contributed by atoms with Crippen LogP contribution in [0, 0.1) is 17.8 Å². The predicted molar refractivity (Wildman–Crippen MR) is 153 cm³/mol. The summed E-state index contributed by atoms with van der Waals surface area (Å²) in [5.41, 5.74) is 2.33. The fourth-order valence-corrected chi connectivity index (χ4v) is 4.13. The van der Waals surface area contributed by atoms with Crippen molar-refractivity contribution in [1.82, 2.24) is 0 Å². The van der Waals surface area contributed by atoms with Gasteiger partial charge in [0, 0.05) is 18.1 Å². The van der Waals surface area contributed by atoms with Crippen molar-refractivity contribution in [2.75, 3.05) is 12.9 Å². The van der Waals surface area contributed by atoms with E-state index in [4.69, 9.17) is 4.74 Å². The molecule has 1 aliphatic heterocycles. The van der Waals surface area contributed by atoms with Crippen molar-refractivity contribution in [2.24, 2.45) is 22.7 Å². The molecule has 0 aromatic heterocycles. The van der Waals surface area contributed by atoms with E-state index < -0.39 is 18.0 Å². The second-order valence-corrected chi connectivity index (χ2v) is 9.53. The lowest BCUT2D eigenvalue weighted by Crippen LogP contribution is -2.32. The van der Waals surface area contributed by atoms with Crippen LogP contribution in [0.5, 0.6) is 0 Å². The Morgan fingerprint density at radius 2 is 1.86 bits per heavy atom. The number of ether oxygens (including phenoxy) is 1. The zero-order valence-electron chi connectivity index (χ0n) is 23.7. The third-order valence-corrected chi connectivity index (χ3v) is 6.12. The number of aliphatic imine (C=N–C) groups is 1. The predicted octanol–water partition coefficient (Wildman–Crippen LogP) is 7.55. The number of rotatable bonds is 3. The van der Waals surface area contributed by atoms with Crippen molar-refractivity contribution in [3.63, 3.8) is 0 Å². The third kappa shape index (κ3) is 18.3. The molecular formula is C29H51NO4S. The molecule has 202 valence electrons. The van der Waals surface area contributed by atoms with Gasteiger partial charge in [-0.3, -0.25) is 14.6 Å². The van der Waals surface area contributed by atoms with E-state index in [1.165, 1.54) is 5.57 Å². The molecule has 6 heteroatoms. The number of hydrogen-bond donors (Lipinski definition) is 1. The molecule has 0 aromatic carbocycles. The number of ketones is 1. The van der Waals surface area contributed by atoms with E-state index in [9.17, 15) is 14.7 Å². The van der Waals surface area contributed by atoms with E-state index in [-0.39, 0.29) is 18.1 Å². The maximum absolute atomic E-state index is 12.4. The summed E-state index contributed by atoms with van der Waals surface area (Å²) in [4.78, 5) is 28.3. The zero-order chi connectivity index (χ0) is 27.2. The molecule has 0 amide bonds. The first-order valence-corrected chi connectivity index (χ1v) is 14.3. The van der Waals surface area contributed by atoms with E-state index in [0.29, 0.717) is 18.9 Å². The lowest BCUT2D eigenvalue weighted by molar-refractivity contribution is -0.147. The van der Waals surface area contributed by atoms with Crippen molar-refractivity contribution < 1.29 is 19.4 Å². The summed E-state index contributed by atoms with van der Waals surface area (Å²) >= 11 is 1.66. The Bertz CT molecular complexity index is 683. The summed E-state index contributed by atoms with van der Waals surface area (Å²) in [6.07, 6.45) is 13.6. The number of carbonyl (C=O) groups excluding carboxylic acids is 2. The average molecular weight is 510 g/mol. The zero-order valence-corrected chi connectivity index (χ0v) is 24.5. The summed E-state index contributed by atoms with van der Waals surface area (Å²) in [5, 5.41) is 12.1. The maximum atomic E-state index is 12.4. The molecule has 0 spiro atoms. The largest absolute Gasteiger partial charge is 0.465 e. The summed E-state index contributed by atoms with van der Waals surface area (Å²) in [7, 11) is 0. The van der Waals surface area contributed by atoms with Crippen molar-refractivity contribution in [1.29, 1.82) is 0 Å². The van der Waals surface area contributed by atoms with Crippen LogP contribution in [-0.4, -0.2) is 42.0 Å². The number of esters is 1. The summed E-state index contributed by atoms with van der Waals surface area (Å²) in [6.45, 7) is 16.2. The number of aliphatic hydroxyl groups excluding tert-OH is 1. The second-order valence-electron chi connectivity index (χ2n) is 8.82. The SMILES string of the molecule is C/C1=C/CCOC(=O)CC(O)C(C)C(=O)C(C)CC(C)CCC1.CC.CC=NC(/C=C\C)=C\SC.